The second kappa shape index (κ2) is 9.36. The zero-order chi connectivity index (χ0) is 22.6. The molecule has 0 N–H and O–H groups in total. The van der Waals surface area contributed by atoms with Crippen LogP contribution in [0, 0.1) is 0 Å². The summed E-state index contributed by atoms with van der Waals surface area (Å²) in [5.74, 6) is 1.30. The Morgan fingerprint density at radius 1 is 1.00 bits per heavy atom. The van der Waals surface area contributed by atoms with E-state index in [1.807, 2.05) is 66.3 Å². The van der Waals surface area contributed by atoms with E-state index in [0.29, 0.717) is 18.8 Å². The zero-order valence-electron chi connectivity index (χ0n) is 18.7. The SMILES string of the molecule is Cn1nc(CN(Cc2ccco2)C(=O)COc2ccc(-c3ccccc3)cc2)c2c1CCC2. The van der Waals surface area contributed by atoms with Gasteiger partial charge in [-0.15, -0.1) is 0 Å². The largest absolute Gasteiger partial charge is 0.484 e. The van der Waals surface area contributed by atoms with E-state index < -0.39 is 0 Å². The number of fused-ring (bicyclic) bond motifs is 1. The van der Waals surface area contributed by atoms with Crippen molar-refractivity contribution in [2.24, 2.45) is 7.05 Å². The number of carbonyl (C=O) groups excluding carboxylic acids is 1. The van der Waals surface area contributed by atoms with Gasteiger partial charge in [0, 0.05) is 12.7 Å². The molecule has 5 rings (SSSR count). The summed E-state index contributed by atoms with van der Waals surface area (Å²) in [6.45, 7) is 0.785. The third-order valence-electron chi connectivity index (χ3n) is 6.14. The van der Waals surface area contributed by atoms with E-state index in [4.69, 9.17) is 14.3 Å². The summed E-state index contributed by atoms with van der Waals surface area (Å²) in [6, 6.07) is 21.7. The van der Waals surface area contributed by atoms with Crippen LogP contribution in [0.2, 0.25) is 0 Å². The Labute approximate surface area is 193 Å². The molecule has 1 amide bonds. The predicted molar refractivity (Wildman–Crippen MR) is 126 cm³/mol. The summed E-state index contributed by atoms with van der Waals surface area (Å²) in [4.78, 5) is 14.9. The molecule has 2 aromatic carbocycles. The summed E-state index contributed by atoms with van der Waals surface area (Å²) >= 11 is 0. The fourth-order valence-corrected chi connectivity index (χ4v) is 4.44. The van der Waals surface area contributed by atoms with Crippen LogP contribution in [-0.2, 0) is 37.8 Å². The normalized spacial score (nSPS) is 12.5. The van der Waals surface area contributed by atoms with Gasteiger partial charge in [0.15, 0.2) is 6.61 Å². The van der Waals surface area contributed by atoms with Crippen molar-refractivity contribution >= 4 is 5.91 Å². The van der Waals surface area contributed by atoms with Gasteiger partial charge < -0.3 is 14.1 Å². The molecule has 0 aliphatic heterocycles. The molecule has 6 nitrogen and oxygen atoms in total. The van der Waals surface area contributed by atoms with E-state index in [-0.39, 0.29) is 12.5 Å². The number of aromatic nitrogens is 2. The third-order valence-corrected chi connectivity index (χ3v) is 6.14. The van der Waals surface area contributed by atoms with Crippen LogP contribution in [-0.4, -0.2) is 27.2 Å². The maximum Gasteiger partial charge on any atom is 0.261 e. The average molecular weight is 442 g/mol. The maximum atomic E-state index is 13.2. The van der Waals surface area contributed by atoms with Crippen LogP contribution in [0.1, 0.15) is 29.1 Å². The van der Waals surface area contributed by atoms with Gasteiger partial charge >= 0.3 is 0 Å². The summed E-state index contributed by atoms with van der Waals surface area (Å²) in [6.07, 6.45) is 4.84. The molecular formula is C27H27N3O3. The summed E-state index contributed by atoms with van der Waals surface area (Å²) < 4.78 is 13.3. The monoisotopic (exact) mass is 441 g/mol. The summed E-state index contributed by atoms with van der Waals surface area (Å²) in [5, 5.41) is 4.69. The molecule has 0 unspecified atom stereocenters. The van der Waals surface area contributed by atoms with Crippen molar-refractivity contribution in [3.63, 3.8) is 0 Å². The van der Waals surface area contributed by atoms with Gasteiger partial charge in [0.2, 0.25) is 0 Å². The fourth-order valence-electron chi connectivity index (χ4n) is 4.44. The number of hydrogen-bond acceptors (Lipinski definition) is 4. The highest BCUT2D eigenvalue weighted by Gasteiger charge is 2.25. The Hall–Kier alpha value is -3.80. The standard InChI is InChI=1S/C27H27N3O3/c1-29-26-11-5-10-24(26)25(28-29)18-30(17-23-9-6-16-32-23)27(31)19-33-22-14-12-21(13-15-22)20-7-3-2-4-8-20/h2-4,6-9,12-16H,5,10-11,17-19H2,1H3. The second-order valence-corrected chi connectivity index (χ2v) is 8.36. The number of aryl methyl sites for hydroxylation is 1. The molecule has 2 heterocycles. The van der Waals surface area contributed by atoms with Crippen molar-refractivity contribution in [2.75, 3.05) is 6.61 Å². The molecule has 1 aliphatic carbocycles. The molecule has 2 aromatic heterocycles. The van der Waals surface area contributed by atoms with Crippen molar-refractivity contribution in [2.45, 2.75) is 32.4 Å². The molecule has 33 heavy (non-hydrogen) atoms. The number of amides is 1. The van der Waals surface area contributed by atoms with Gasteiger partial charge in [0.05, 0.1) is 25.0 Å². The molecule has 0 saturated heterocycles. The summed E-state index contributed by atoms with van der Waals surface area (Å²) in [7, 11) is 1.98. The minimum Gasteiger partial charge on any atom is -0.484 e. The van der Waals surface area contributed by atoms with E-state index >= 15 is 0 Å². The van der Waals surface area contributed by atoms with Crippen LogP contribution in [0.25, 0.3) is 11.1 Å². The highest BCUT2D eigenvalue weighted by molar-refractivity contribution is 5.77. The lowest BCUT2D eigenvalue weighted by molar-refractivity contribution is -0.135. The van der Waals surface area contributed by atoms with Crippen LogP contribution < -0.4 is 4.74 Å². The lowest BCUT2D eigenvalue weighted by atomic mass is 10.1. The molecular weight excluding hydrogens is 414 g/mol. The molecule has 1 aliphatic rings. The Balaban J connectivity index is 1.27. The van der Waals surface area contributed by atoms with Crippen molar-refractivity contribution in [1.82, 2.24) is 14.7 Å². The van der Waals surface area contributed by atoms with Crippen molar-refractivity contribution in [3.8, 4) is 16.9 Å². The number of rotatable bonds is 8. The molecule has 0 saturated carbocycles. The fraction of sp³-hybridized carbons (Fsp3) is 0.259. The first-order valence-electron chi connectivity index (χ1n) is 11.3. The van der Waals surface area contributed by atoms with Crippen LogP contribution in [0.4, 0.5) is 0 Å². The van der Waals surface area contributed by atoms with E-state index in [2.05, 4.69) is 12.1 Å². The number of furan rings is 1. The van der Waals surface area contributed by atoms with Crippen LogP contribution in [0.15, 0.2) is 77.4 Å². The third kappa shape index (κ3) is 4.70. The van der Waals surface area contributed by atoms with Crippen molar-refractivity contribution < 1.29 is 13.9 Å². The molecule has 0 spiro atoms. The first-order valence-corrected chi connectivity index (χ1v) is 11.3. The van der Waals surface area contributed by atoms with E-state index in [1.165, 1.54) is 11.3 Å². The van der Waals surface area contributed by atoms with Gasteiger partial charge in [-0.25, -0.2) is 0 Å². The highest BCUT2D eigenvalue weighted by atomic mass is 16.5. The molecule has 168 valence electrons. The molecule has 4 aromatic rings. The van der Waals surface area contributed by atoms with Crippen LogP contribution in [0.3, 0.4) is 0 Å². The average Bonchev–Trinajstić information content (AvgIpc) is 3.59. The second-order valence-electron chi connectivity index (χ2n) is 8.36. The van der Waals surface area contributed by atoms with Crippen LogP contribution >= 0.6 is 0 Å². The first-order chi connectivity index (χ1) is 16.2. The summed E-state index contributed by atoms with van der Waals surface area (Å²) in [5.41, 5.74) is 5.79. The first kappa shape index (κ1) is 21.1. The van der Waals surface area contributed by atoms with Gasteiger partial charge in [-0.05, 0) is 60.2 Å². The minimum absolute atomic E-state index is 0.0413. The van der Waals surface area contributed by atoms with Gasteiger partial charge in [0.1, 0.15) is 11.5 Å². The lowest BCUT2D eigenvalue weighted by Crippen LogP contribution is -2.34. The quantitative estimate of drug-likeness (QED) is 0.395. The number of hydrogen-bond donors (Lipinski definition) is 0. The number of ether oxygens (including phenoxy) is 1. The number of benzene rings is 2. The Bertz CT molecular complexity index is 1210. The zero-order valence-corrected chi connectivity index (χ0v) is 18.7. The molecule has 6 heteroatoms. The molecule has 0 bridgehead atoms. The van der Waals surface area contributed by atoms with Gasteiger partial charge in [-0.1, -0.05) is 42.5 Å². The number of carbonyl (C=O) groups is 1. The van der Waals surface area contributed by atoms with Crippen LogP contribution in [0.5, 0.6) is 5.75 Å². The predicted octanol–water partition coefficient (Wildman–Crippen LogP) is 4.78. The van der Waals surface area contributed by atoms with Crippen molar-refractivity contribution in [1.29, 1.82) is 0 Å². The minimum atomic E-state index is -0.101. The van der Waals surface area contributed by atoms with E-state index in [0.717, 1.165) is 41.8 Å². The van der Waals surface area contributed by atoms with Crippen molar-refractivity contribution in [3.05, 3.63) is 95.7 Å². The molecule has 0 radical (unpaired) electrons. The molecule has 0 fully saturated rings. The van der Waals surface area contributed by atoms with E-state index in [9.17, 15) is 4.79 Å². The number of nitrogens with zero attached hydrogens (tertiary/aromatic N) is 3. The Kier molecular flexibility index (Phi) is 5.98. The topological polar surface area (TPSA) is 60.5 Å². The Morgan fingerprint density at radius 3 is 2.55 bits per heavy atom. The molecule has 0 atom stereocenters. The van der Waals surface area contributed by atoms with Gasteiger partial charge in [-0.2, -0.15) is 5.10 Å². The Morgan fingerprint density at radius 2 is 1.79 bits per heavy atom. The smallest absolute Gasteiger partial charge is 0.261 e. The lowest BCUT2D eigenvalue weighted by Gasteiger charge is -2.21. The van der Waals surface area contributed by atoms with Gasteiger partial charge in [0.25, 0.3) is 5.91 Å². The maximum absolute atomic E-state index is 13.2. The van der Waals surface area contributed by atoms with E-state index in [1.54, 1.807) is 11.2 Å². The highest BCUT2D eigenvalue weighted by Crippen LogP contribution is 2.26. The van der Waals surface area contributed by atoms with Gasteiger partial charge in [-0.3, -0.25) is 9.48 Å².